The highest BCUT2D eigenvalue weighted by Gasteiger charge is 2.06. The molecule has 3 nitrogen and oxygen atoms in total. The van der Waals surface area contributed by atoms with E-state index in [1.165, 1.54) is 3.57 Å². The van der Waals surface area contributed by atoms with E-state index in [9.17, 15) is 0 Å². The van der Waals surface area contributed by atoms with E-state index >= 15 is 0 Å². The topological polar surface area (TPSA) is 43.8 Å². The zero-order chi connectivity index (χ0) is 10.8. The molecule has 0 aliphatic heterocycles. The van der Waals surface area contributed by atoms with Crippen molar-refractivity contribution >= 4 is 22.6 Å². The van der Waals surface area contributed by atoms with Crippen LogP contribution in [0.4, 0.5) is 0 Å². The average molecular weight is 313 g/mol. The van der Waals surface area contributed by atoms with E-state index in [2.05, 4.69) is 51.8 Å². The molecular formula is C11H12IN3. The summed E-state index contributed by atoms with van der Waals surface area (Å²) in [6.07, 6.45) is 1.97. The summed E-state index contributed by atoms with van der Waals surface area (Å²) in [6.45, 7) is 0.484. The molecule has 0 aliphatic carbocycles. The van der Waals surface area contributed by atoms with Crippen molar-refractivity contribution in [3.63, 3.8) is 0 Å². The number of hydrogen-bond acceptors (Lipinski definition) is 2. The molecule has 0 fully saturated rings. The van der Waals surface area contributed by atoms with Gasteiger partial charge in [0.1, 0.15) is 5.82 Å². The van der Waals surface area contributed by atoms with Crippen LogP contribution in [0.2, 0.25) is 0 Å². The largest absolute Gasteiger partial charge is 0.334 e. The molecular weight excluding hydrogens is 301 g/mol. The summed E-state index contributed by atoms with van der Waals surface area (Å²) >= 11 is 2.29. The number of nitrogens with two attached hydrogens (primary N) is 1. The first kappa shape index (κ1) is 10.6. The van der Waals surface area contributed by atoms with Crippen molar-refractivity contribution in [3.05, 3.63) is 39.7 Å². The fraction of sp³-hybridized carbons (Fsp3) is 0.182. The second-order valence-corrected chi connectivity index (χ2v) is 4.62. The first-order chi connectivity index (χ1) is 7.20. The van der Waals surface area contributed by atoms with E-state index in [1.807, 2.05) is 17.8 Å². The van der Waals surface area contributed by atoms with Crippen molar-refractivity contribution in [1.82, 2.24) is 9.55 Å². The minimum absolute atomic E-state index is 0.484. The van der Waals surface area contributed by atoms with Gasteiger partial charge in [-0.2, -0.15) is 0 Å². The van der Waals surface area contributed by atoms with E-state index in [0.29, 0.717) is 6.54 Å². The van der Waals surface area contributed by atoms with E-state index < -0.39 is 0 Å². The molecule has 0 aliphatic rings. The van der Waals surface area contributed by atoms with Gasteiger partial charge in [-0.25, -0.2) is 4.98 Å². The Hall–Kier alpha value is -0.880. The van der Waals surface area contributed by atoms with Crippen molar-refractivity contribution in [1.29, 1.82) is 0 Å². The number of hydrogen-bond donors (Lipinski definition) is 1. The zero-order valence-corrected chi connectivity index (χ0v) is 10.6. The van der Waals surface area contributed by atoms with Crippen LogP contribution < -0.4 is 5.73 Å². The molecule has 0 bridgehead atoms. The molecule has 0 saturated carbocycles. The molecule has 2 aromatic rings. The first-order valence-corrected chi connectivity index (χ1v) is 5.77. The summed E-state index contributed by atoms with van der Waals surface area (Å²) in [5.74, 6) is 0.965. The molecule has 0 saturated heterocycles. The standard InChI is InChI=1S/C11H12IN3/c1-15-7-10(6-13)14-11(15)8-2-4-9(12)5-3-8/h2-5,7H,6,13H2,1H3. The Bertz CT molecular complexity index is 459. The maximum Gasteiger partial charge on any atom is 0.140 e. The van der Waals surface area contributed by atoms with Crippen molar-refractivity contribution in [2.45, 2.75) is 6.54 Å². The molecule has 1 aromatic heterocycles. The second kappa shape index (κ2) is 4.32. The van der Waals surface area contributed by atoms with Crippen LogP contribution in [-0.2, 0) is 13.6 Å². The highest BCUT2D eigenvalue weighted by Crippen LogP contribution is 2.19. The SMILES string of the molecule is Cn1cc(CN)nc1-c1ccc(I)cc1. The molecule has 1 heterocycles. The van der Waals surface area contributed by atoms with Crippen LogP contribution in [0.5, 0.6) is 0 Å². The van der Waals surface area contributed by atoms with E-state index in [0.717, 1.165) is 17.1 Å². The van der Waals surface area contributed by atoms with Gasteiger partial charge in [-0.1, -0.05) is 12.1 Å². The van der Waals surface area contributed by atoms with Crippen molar-refractivity contribution in [2.75, 3.05) is 0 Å². The predicted octanol–water partition coefficient (Wildman–Crippen LogP) is 2.15. The highest BCUT2D eigenvalue weighted by molar-refractivity contribution is 14.1. The van der Waals surface area contributed by atoms with Gasteiger partial charge in [-0.3, -0.25) is 0 Å². The molecule has 2 rings (SSSR count). The van der Waals surface area contributed by atoms with Gasteiger partial charge in [0.2, 0.25) is 0 Å². The molecule has 78 valence electrons. The first-order valence-electron chi connectivity index (χ1n) is 4.69. The number of benzene rings is 1. The fourth-order valence-corrected chi connectivity index (χ4v) is 1.85. The van der Waals surface area contributed by atoms with Gasteiger partial charge in [0.15, 0.2) is 0 Å². The lowest BCUT2D eigenvalue weighted by Gasteiger charge is -2.00. The molecule has 0 atom stereocenters. The van der Waals surface area contributed by atoms with Crippen LogP contribution in [0, 0.1) is 3.57 Å². The lowest BCUT2D eigenvalue weighted by Crippen LogP contribution is -1.95. The number of aromatic nitrogens is 2. The highest BCUT2D eigenvalue weighted by atomic mass is 127. The lowest BCUT2D eigenvalue weighted by atomic mass is 10.2. The van der Waals surface area contributed by atoms with Crippen molar-refractivity contribution < 1.29 is 0 Å². The Labute approximate surface area is 102 Å². The Kier molecular flexibility index (Phi) is 3.06. The number of imidazole rings is 1. The average Bonchev–Trinajstić information content (AvgIpc) is 2.61. The predicted molar refractivity (Wildman–Crippen MR) is 69.3 cm³/mol. The van der Waals surface area contributed by atoms with Gasteiger partial charge in [-0.15, -0.1) is 0 Å². The number of nitrogens with zero attached hydrogens (tertiary/aromatic N) is 2. The van der Waals surface area contributed by atoms with E-state index in [-0.39, 0.29) is 0 Å². The molecule has 4 heteroatoms. The van der Waals surface area contributed by atoms with Crippen LogP contribution in [0.25, 0.3) is 11.4 Å². The number of halogens is 1. The monoisotopic (exact) mass is 313 g/mol. The minimum Gasteiger partial charge on any atom is -0.334 e. The summed E-state index contributed by atoms with van der Waals surface area (Å²) in [4.78, 5) is 4.46. The van der Waals surface area contributed by atoms with Gasteiger partial charge in [0, 0.05) is 28.9 Å². The summed E-state index contributed by atoms with van der Waals surface area (Å²) in [6, 6.07) is 8.30. The van der Waals surface area contributed by atoms with Crippen LogP contribution in [0.3, 0.4) is 0 Å². The quantitative estimate of drug-likeness (QED) is 0.864. The van der Waals surface area contributed by atoms with Gasteiger partial charge in [0.05, 0.1) is 5.69 Å². The molecule has 0 spiro atoms. The van der Waals surface area contributed by atoms with Crippen LogP contribution in [-0.4, -0.2) is 9.55 Å². The van der Waals surface area contributed by atoms with Crippen LogP contribution in [0.15, 0.2) is 30.5 Å². The minimum atomic E-state index is 0.484. The Balaban J connectivity index is 2.44. The van der Waals surface area contributed by atoms with Gasteiger partial charge in [0.25, 0.3) is 0 Å². The molecule has 1 aromatic carbocycles. The molecule has 2 N–H and O–H groups in total. The molecule has 0 unspecified atom stereocenters. The van der Waals surface area contributed by atoms with E-state index in [1.54, 1.807) is 0 Å². The molecule has 15 heavy (non-hydrogen) atoms. The molecule has 0 amide bonds. The summed E-state index contributed by atoms with van der Waals surface area (Å²) in [5.41, 5.74) is 7.60. The van der Waals surface area contributed by atoms with Gasteiger partial charge in [-0.05, 0) is 34.7 Å². The molecule has 0 radical (unpaired) electrons. The van der Waals surface area contributed by atoms with Gasteiger partial charge < -0.3 is 10.3 Å². The van der Waals surface area contributed by atoms with Crippen LogP contribution in [0.1, 0.15) is 5.69 Å². The smallest absolute Gasteiger partial charge is 0.140 e. The Morgan fingerprint density at radius 2 is 2.00 bits per heavy atom. The third kappa shape index (κ3) is 2.21. The second-order valence-electron chi connectivity index (χ2n) is 3.38. The maximum absolute atomic E-state index is 5.56. The number of aryl methyl sites for hydroxylation is 1. The van der Waals surface area contributed by atoms with E-state index in [4.69, 9.17) is 5.73 Å². The zero-order valence-electron chi connectivity index (χ0n) is 8.44. The Morgan fingerprint density at radius 3 is 2.53 bits per heavy atom. The third-order valence-electron chi connectivity index (χ3n) is 2.24. The van der Waals surface area contributed by atoms with Crippen LogP contribution >= 0.6 is 22.6 Å². The summed E-state index contributed by atoms with van der Waals surface area (Å²) < 4.78 is 3.23. The third-order valence-corrected chi connectivity index (χ3v) is 2.96. The van der Waals surface area contributed by atoms with Gasteiger partial charge >= 0.3 is 0 Å². The fourth-order valence-electron chi connectivity index (χ4n) is 1.49. The van der Waals surface area contributed by atoms with Crippen molar-refractivity contribution in [3.8, 4) is 11.4 Å². The van der Waals surface area contributed by atoms with Crippen molar-refractivity contribution in [2.24, 2.45) is 12.8 Å². The summed E-state index contributed by atoms with van der Waals surface area (Å²) in [7, 11) is 1.99. The Morgan fingerprint density at radius 1 is 1.33 bits per heavy atom. The maximum atomic E-state index is 5.56. The number of rotatable bonds is 2. The summed E-state index contributed by atoms with van der Waals surface area (Å²) in [5, 5.41) is 0. The lowest BCUT2D eigenvalue weighted by molar-refractivity contribution is 0.921. The normalized spacial score (nSPS) is 10.6.